The number of hydrogen-bond donors (Lipinski definition) is 1. The maximum Gasteiger partial charge on any atom is 0.0320 e. The summed E-state index contributed by atoms with van der Waals surface area (Å²) in [6, 6.07) is 11.4. The van der Waals surface area contributed by atoms with Crippen LogP contribution in [0.1, 0.15) is 44.7 Å². The Kier molecular flexibility index (Phi) is 8.19. The molecule has 1 nitrogen and oxygen atoms in total. The van der Waals surface area contributed by atoms with Crippen molar-refractivity contribution in [1.82, 2.24) is 5.32 Å². The van der Waals surface area contributed by atoms with Gasteiger partial charge in [0.05, 0.1) is 0 Å². The Morgan fingerprint density at radius 2 is 1.94 bits per heavy atom. The third-order valence-electron chi connectivity index (χ3n) is 3.21. The van der Waals surface area contributed by atoms with Crippen molar-refractivity contribution < 1.29 is 0 Å². The second-order valence-corrected chi connectivity index (χ2v) is 5.98. The third kappa shape index (κ3) is 5.92. The highest BCUT2D eigenvalue weighted by Crippen LogP contribution is 2.19. The molecule has 2 unspecified atom stereocenters. The van der Waals surface area contributed by atoms with Crippen LogP contribution in [0, 0.1) is 5.92 Å². The van der Waals surface area contributed by atoms with Crippen LogP contribution >= 0.6 is 11.8 Å². The summed E-state index contributed by atoms with van der Waals surface area (Å²) < 4.78 is 0. The van der Waals surface area contributed by atoms with Crippen LogP contribution in [0.3, 0.4) is 0 Å². The third-order valence-corrected chi connectivity index (χ3v) is 4.11. The zero-order valence-electron chi connectivity index (χ0n) is 12.0. The molecule has 1 aromatic rings. The molecule has 0 aliphatic rings. The molecule has 0 fully saturated rings. The van der Waals surface area contributed by atoms with Crippen molar-refractivity contribution in [3.8, 4) is 0 Å². The van der Waals surface area contributed by atoms with Crippen LogP contribution in [-0.4, -0.2) is 18.6 Å². The average Bonchev–Trinajstić information content (AvgIpc) is 2.40. The molecule has 0 amide bonds. The summed E-state index contributed by atoms with van der Waals surface area (Å²) in [6.07, 6.45) is 5.99. The lowest BCUT2D eigenvalue weighted by Crippen LogP contribution is -2.27. The van der Waals surface area contributed by atoms with Crippen LogP contribution in [0.4, 0.5) is 0 Å². The highest BCUT2D eigenvalue weighted by molar-refractivity contribution is 7.98. The van der Waals surface area contributed by atoms with E-state index in [0.717, 1.165) is 12.5 Å². The number of nitrogens with one attached hydrogen (secondary N) is 1. The van der Waals surface area contributed by atoms with Crippen molar-refractivity contribution >= 4 is 11.8 Å². The Balaban J connectivity index is 2.51. The van der Waals surface area contributed by atoms with Crippen molar-refractivity contribution in [2.45, 2.75) is 39.2 Å². The largest absolute Gasteiger partial charge is 0.310 e. The van der Waals surface area contributed by atoms with Crippen LogP contribution in [0.2, 0.25) is 0 Å². The molecule has 1 rings (SSSR count). The maximum absolute atomic E-state index is 3.74. The van der Waals surface area contributed by atoms with Gasteiger partial charge >= 0.3 is 0 Å². The molecule has 0 bridgehead atoms. The minimum absolute atomic E-state index is 0.524. The molecule has 0 heterocycles. The van der Waals surface area contributed by atoms with E-state index in [0.29, 0.717) is 6.04 Å². The van der Waals surface area contributed by atoms with E-state index in [1.165, 1.54) is 30.6 Å². The quantitative estimate of drug-likeness (QED) is 0.705. The number of rotatable bonds is 9. The maximum atomic E-state index is 3.74. The molecule has 0 aromatic heterocycles. The van der Waals surface area contributed by atoms with Gasteiger partial charge in [0, 0.05) is 6.04 Å². The molecule has 0 radical (unpaired) electrons. The summed E-state index contributed by atoms with van der Waals surface area (Å²) in [5.74, 6) is 1.98. The van der Waals surface area contributed by atoms with Crippen LogP contribution in [0.25, 0.3) is 0 Å². The zero-order valence-corrected chi connectivity index (χ0v) is 12.8. The average molecular weight is 265 g/mol. The van der Waals surface area contributed by atoms with E-state index in [2.05, 4.69) is 55.8 Å². The molecule has 1 N–H and O–H groups in total. The minimum atomic E-state index is 0.524. The highest BCUT2D eigenvalue weighted by Gasteiger charge is 2.11. The summed E-state index contributed by atoms with van der Waals surface area (Å²) >= 11 is 1.94. The number of thioether (sulfide) groups is 1. The standard InChI is InChI=1S/C16H27NS/c1-4-5-11-16(15-9-7-6-8-10-15)17-12-14(2)13-18-3/h6-10,14,16-17H,4-5,11-13H2,1-3H3. The second kappa shape index (κ2) is 9.46. The summed E-state index contributed by atoms with van der Waals surface area (Å²) in [7, 11) is 0. The summed E-state index contributed by atoms with van der Waals surface area (Å²) in [5.41, 5.74) is 1.43. The van der Waals surface area contributed by atoms with Gasteiger partial charge in [0.2, 0.25) is 0 Å². The van der Waals surface area contributed by atoms with E-state index in [-0.39, 0.29) is 0 Å². The Morgan fingerprint density at radius 3 is 2.56 bits per heavy atom. The number of unbranched alkanes of at least 4 members (excludes halogenated alkanes) is 1. The first-order valence-corrected chi connectivity index (χ1v) is 8.44. The van der Waals surface area contributed by atoms with Crippen molar-refractivity contribution in [3.05, 3.63) is 35.9 Å². The molecule has 0 saturated heterocycles. The van der Waals surface area contributed by atoms with Gasteiger partial charge in [0.15, 0.2) is 0 Å². The van der Waals surface area contributed by atoms with Crippen LogP contribution in [0.15, 0.2) is 30.3 Å². The van der Waals surface area contributed by atoms with Gasteiger partial charge in [-0.05, 0) is 36.5 Å². The van der Waals surface area contributed by atoms with Gasteiger partial charge in [-0.1, -0.05) is 57.0 Å². The molecule has 102 valence electrons. The Morgan fingerprint density at radius 1 is 1.22 bits per heavy atom. The molecule has 18 heavy (non-hydrogen) atoms. The lowest BCUT2D eigenvalue weighted by molar-refractivity contribution is 0.444. The van der Waals surface area contributed by atoms with Crippen molar-refractivity contribution in [3.63, 3.8) is 0 Å². The van der Waals surface area contributed by atoms with Crippen molar-refractivity contribution in [2.24, 2.45) is 5.92 Å². The monoisotopic (exact) mass is 265 g/mol. The fourth-order valence-corrected chi connectivity index (χ4v) is 2.85. The smallest absolute Gasteiger partial charge is 0.0320 e. The summed E-state index contributed by atoms with van der Waals surface area (Å²) in [5, 5.41) is 3.74. The van der Waals surface area contributed by atoms with E-state index in [9.17, 15) is 0 Å². The van der Waals surface area contributed by atoms with Gasteiger partial charge in [0.25, 0.3) is 0 Å². The van der Waals surface area contributed by atoms with Gasteiger partial charge in [0.1, 0.15) is 0 Å². The van der Waals surface area contributed by atoms with E-state index in [1.807, 2.05) is 11.8 Å². The topological polar surface area (TPSA) is 12.0 Å². The van der Waals surface area contributed by atoms with Gasteiger partial charge in [-0.2, -0.15) is 11.8 Å². The van der Waals surface area contributed by atoms with Crippen LogP contribution in [-0.2, 0) is 0 Å². The Hall–Kier alpha value is -0.470. The lowest BCUT2D eigenvalue weighted by atomic mass is 10.0. The minimum Gasteiger partial charge on any atom is -0.310 e. The predicted octanol–water partition coefficient (Wildman–Crippen LogP) is 4.51. The number of hydrogen-bond acceptors (Lipinski definition) is 2. The molecule has 0 spiro atoms. The first-order chi connectivity index (χ1) is 8.77. The van der Waals surface area contributed by atoms with Crippen molar-refractivity contribution in [2.75, 3.05) is 18.6 Å². The van der Waals surface area contributed by atoms with Gasteiger partial charge in [-0.3, -0.25) is 0 Å². The van der Waals surface area contributed by atoms with Gasteiger partial charge in [-0.25, -0.2) is 0 Å². The molecule has 0 saturated carbocycles. The second-order valence-electron chi connectivity index (χ2n) is 5.07. The van der Waals surface area contributed by atoms with Gasteiger partial charge < -0.3 is 5.32 Å². The first-order valence-electron chi connectivity index (χ1n) is 7.05. The van der Waals surface area contributed by atoms with E-state index in [4.69, 9.17) is 0 Å². The first kappa shape index (κ1) is 15.6. The highest BCUT2D eigenvalue weighted by atomic mass is 32.2. The fraction of sp³-hybridized carbons (Fsp3) is 0.625. The molecule has 2 heteroatoms. The molecular weight excluding hydrogens is 238 g/mol. The Bertz CT molecular complexity index is 299. The summed E-state index contributed by atoms with van der Waals surface area (Å²) in [6.45, 7) is 5.70. The fourth-order valence-electron chi connectivity index (χ4n) is 2.17. The van der Waals surface area contributed by atoms with Crippen molar-refractivity contribution in [1.29, 1.82) is 0 Å². The normalized spacial score (nSPS) is 14.4. The van der Waals surface area contributed by atoms with E-state index < -0.39 is 0 Å². The summed E-state index contributed by atoms with van der Waals surface area (Å²) in [4.78, 5) is 0. The number of benzene rings is 1. The molecular formula is C16H27NS. The van der Waals surface area contributed by atoms with E-state index in [1.54, 1.807) is 0 Å². The zero-order chi connectivity index (χ0) is 13.2. The molecule has 0 aliphatic carbocycles. The lowest BCUT2D eigenvalue weighted by Gasteiger charge is -2.21. The Labute approximate surface area is 117 Å². The predicted molar refractivity (Wildman–Crippen MR) is 84.3 cm³/mol. The molecule has 0 aliphatic heterocycles. The van der Waals surface area contributed by atoms with Crippen LogP contribution in [0.5, 0.6) is 0 Å². The van der Waals surface area contributed by atoms with Crippen LogP contribution < -0.4 is 5.32 Å². The molecule has 2 atom stereocenters. The van der Waals surface area contributed by atoms with Gasteiger partial charge in [-0.15, -0.1) is 0 Å². The SMILES string of the molecule is CCCCC(NCC(C)CSC)c1ccccc1. The van der Waals surface area contributed by atoms with E-state index >= 15 is 0 Å². The molecule has 1 aromatic carbocycles.